The van der Waals surface area contributed by atoms with Crippen LogP contribution in [0.25, 0.3) is 10.2 Å². The van der Waals surface area contributed by atoms with Crippen LogP contribution < -0.4 is 0 Å². The van der Waals surface area contributed by atoms with Crippen LogP contribution in [0.1, 0.15) is 42.1 Å². The number of para-hydroxylation sites is 1. The van der Waals surface area contributed by atoms with Crippen molar-refractivity contribution >= 4 is 38.4 Å². The summed E-state index contributed by atoms with van der Waals surface area (Å²) in [6.07, 6.45) is 1.10. The minimum Gasteiger partial charge on any atom is -0.281 e. The minimum absolute atomic E-state index is 0.0507. The SMILES string of the molecule is CCC(C)c1ccc(C(=O)Sc2nc3ccccc3s2)cc1. The number of rotatable bonds is 4. The minimum atomic E-state index is 0.0507. The maximum absolute atomic E-state index is 12.4. The molecule has 0 amide bonds. The molecule has 0 aliphatic heterocycles. The fraction of sp³-hybridized carbons (Fsp3) is 0.222. The van der Waals surface area contributed by atoms with Gasteiger partial charge in [-0.05, 0) is 41.8 Å². The van der Waals surface area contributed by atoms with Gasteiger partial charge in [0.1, 0.15) is 0 Å². The number of carbonyl (C=O) groups is 1. The molecule has 1 heterocycles. The summed E-state index contributed by atoms with van der Waals surface area (Å²) in [5.41, 5.74) is 2.97. The molecule has 0 saturated carbocycles. The summed E-state index contributed by atoms with van der Waals surface area (Å²) in [6, 6.07) is 15.9. The number of fused-ring (bicyclic) bond motifs is 1. The van der Waals surface area contributed by atoms with E-state index in [1.165, 1.54) is 17.3 Å². The Morgan fingerprint density at radius 3 is 2.59 bits per heavy atom. The van der Waals surface area contributed by atoms with Crippen LogP contribution in [-0.2, 0) is 0 Å². The number of benzene rings is 2. The van der Waals surface area contributed by atoms with Gasteiger partial charge in [-0.3, -0.25) is 4.79 Å². The molecule has 0 aliphatic carbocycles. The zero-order chi connectivity index (χ0) is 15.5. The van der Waals surface area contributed by atoms with Crippen molar-refractivity contribution in [2.45, 2.75) is 30.5 Å². The first-order valence-corrected chi connectivity index (χ1v) is 8.98. The van der Waals surface area contributed by atoms with E-state index < -0.39 is 0 Å². The number of hydrogen-bond donors (Lipinski definition) is 0. The van der Waals surface area contributed by atoms with Crippen LogP contribution in [0.15, 0.2) is 52.9 Å². The summed E-state index contributed by atoms with van der Waals surface area (Å²) in [6.45, 7) is 4.37. The standard InChI is InChI=1S/C18H17NOS2/c1-3-12(2)13-8-10-14(11-9-13)17(20)22-18-19-15-6-4-5-7-16(15)21-18/h4-12H,3H2,1-2H3. The van der Waals surface area contributed by atoms with Crippen LogP contribution in [-0.4, -0.2) is 10.1 Å². The van der Waals surface area contributed by atoms with E-state index in [0.29, 0.717) is 5.92 Å². The molecule has 0 saturated heterocycles. The molecule has 0 N–H and O–H groups in total. The Balaban J connectivity index is 1.76. The van der Waals surface area contributed by atoms with Crippen molar-refractivity contribution in [2.24, 2.45) is 0 Å². The molecule has 3 rings (SSSR count). The number of thioether (sulfide) groups is 1. The van der Waals surface area contributed by atoms with Crippen molar-refractivity contribution in [3.63, 3.8) is 0 Å². The Morgan fingerprint density at radius 1 is 1.18 bits per heavy atom. The second-order valence-corrected chi connectivity index (χ2v) is 7.52. The first-order chi connectivity index (χ1) is 10.7. The quantitative estimate of drug-likeness (QED) is 0.572. The van der Waals surface area contributed by atoms with Gasteiger partial charge in [-0.25, -0.2) is 4.98 Å². The van der Waals surface area contributed by atoms with Gasteiger partial charge in [0.2, 0.25) is 5.12 Å². The first-order valence-electron chi connectivity index (χ1n) is 7.35. The molecule has 2 nitrogen and oxygen atoms in total. The van der Waals surface area contributed by atoms with Gasteiger partial charge < -0.3 is 0 Å². The first kappa shape index (κ1) is 15.3. The summed E-state index contributed by atoms with van der Waals surface area (Å²) in [7, 11) is 0. The summed E-state index contributed by atoms with van der Waals surface area (Å²) in [4.78, 5) is 16.9. The average Bonchev–Trinajstić information content (AvgIpc) is 2.96. The predicted molar refractivity (Wildman–Crippen MR) is 95.0 cm³/mol. The van der Waals surface area contributed by atoms with Gasteiger partial charge in [0.05, 0.1) is 10.2 Å². The third-order valence-electron chi connectivity index (χ3n) is 3.78. The lowest BCUT2D eigenvalue weighted by atomic mass is 9.98. The van der Waals surface area contributed by atoms with Gasteiger partial charge >= 0.3 is 0 Å². The highest BCUT2D eigenvalue weighted by Gasteiger charge is 2.12. The van der Waals surface area contributed by atoms with Crippen LogP contribution in [0.2, 0.25) is 0 Å². The average molecular weight is 327 g/mol. The number of aromatic nitrogens is 1. The van der Waals surface area contributed by atoms with Gasteiger partial charge in [-0.15, -0.1) is 11.3 Å². The van der Waals surface area contributed by atoms with Gasteiger partial charge in [-0.1, -0.05) is 50.2 Å². The second-order valence-electron chi connectivity index (χ2n) is 5.27. The van der Waals surface area contributed by atoms with Crippen LogP contribution in [0.4, 0.5) is 0 Å². The van der Waals surface area contributed by atoms with Gasteiger partial charge in [0.15, 0.2) is 4.34 Å². The summed E-state index contributed by atoms with van der Waals surface area (Å²) < 4.78 is 1.92. The molecule has 1 atom stereocenters. The van der Waals surface area contributed by atoms with E-state index in [1.54, 1.807) is 11.3 Å². The number of thiazole rings is 1. The number of hydrogen-bond acceptors (Lipinski definition) is 4. The van der Waals surface area contributed by atoms with E-state index in [2.05, 4.69) is 31.0 Å². The monoisotopic (exact) mass is 327 g/mol. The number of carbonyl (C=O) groups excluding carboxylic acids is 1. The van der Waals surface area contributed by atoms with Crippen molar-refractivity contribution < 1.29 is 4.79 Å². The van der Waals surface area contributed by atoms with Crippen LogP contribution in [0.5, 0.6) is 0 Å². The largest absolute Gasteiger partial charge is 0.281 e. The maximum Gasteiger partial charge on any atom is 0.226 e. The molecule has 2 aromatic carbocycles. The third kappa shape index (κ3) is 3.23. The highest BCUT2D eigenvalue weighted by atomic mass is 32.2. The zero-order valence-corrected chi connectivity index (χ0v) is 14.2. The summed E-state index contributed by atoms with van der Waals surface area (Å²) in [5.74, 6) is 0.529. The van der Waals surface area contributed by atoms with E-state index >= 15 is 0 Å². The van der Waals surface area contributed by atoms with E-state index in [0.717, 1.165) is 26.5 Å². The topological polar surface area (TPSA) is 30.0 Å². The summed E-state index contributed by atoms with van der Waals surface area (Å²) >= 11 is 2.77. The van der Waals surface area contributed by atoms with Gasteiger partial charge in [-0.2, -0.15) is 0 Å². The fourth-order valence-corrected chi connectivity index (χ4v) is 4.13. The molecule has 22 heavy (non-hydrogen) atoms. The van der Waals surface area contributed by atoms with Crippen molar-refractivity contribution in [2.75, 3.05) is 0 Å². The lowest BCUT2D eigenvalue weighted by Gasteiger charge is -2.08. The number of nitrogens with zero attached hydrogens (tertiary/aromatic N) is 1. The molecule has 0 fully saturated rings. The molecule has 0 radical (unpaired) electrons. The predicted octanol–water partition coefficient (Wildman–Crippen LogP) is 5.74. The van der Waals surface area contributed by atoms with Gasteiger partial charge in [0, 0.05) is 5.56 Å². The molecule has 0 spiro atoms. The van der Waals surface area contributed by atoms with E-state index in [9.17, 15) is 4.79 Å². The molecule has 3 aromatic rings. The summed E-state index contributed by atoms with van der Waals surface area (Å²) in [5, 5.41) is 0.0507. The maximum atomic E-state index is 12.4. The van der Waals surface area contributed by atoms with Crippen molar-refractivity contribution in [1.29, 1.82) is 0 Å². The lowest BCUT2D eigenvalue weighted by Crippen LogP contribution is -1.96. The fourth-order valence-electron chi connectivity index (χ4n) is 2.22. The van der Waals surface area contributed by atoms with E-state index in [4.69, 9.17) is 0 Å². The Hall–Kier alpha value is -1.65. The molecule has 1 unspecified atom stereocenters. The Labute approximate surface area is 138 Å². The Morgan fingerprint density at radius 2 is 1.91 bits per heavy atom. The third-order valence-corrected chi connectivity index (χ3v) is 5.80. The van der Waals surface area contributed by atoms with E-state index in [1.807, 2.05) is 36.4 Å². The molecule has 1 aromatic heterocycles. The van der Waals surface area contributed by atoms with E-state index in [-0.39, 0.29) is 5.12 Å². The van der Waals surface area contributed by atoms with Crippen molar-refractivity contribution in [3.8, 4) is 0 Å². The second kappa shape index (κ2) is 6.63. The normalized spacial score (nSPS) is 12.5. The van der Waals surface area contributed by atoms with Crippen molar-refractivity contribution in [3.05, 3.63) is 59.7 Å². The molecular formula is C18H17NOS2. The van der Waals surface area contributed by atoms with Crippen LogP contribution in [0.3, 0.4) is 0 Å². The molecule has 0 aliphatic rings. The molecular weight excluding hydrogens is 310 g/mol. The van der Waals surface area contributed by atoms with Crippen LogP contribution >= 0.6 is 23.1 Å². The molecule has 0 bridgehead atoms. The molecule has 4 heteroatoms. The zero-order valence-electron chi connectivity index (χ0n) is 12.6. The smallest absolute Gasteiger partial charge is 0.226 e. The van der Waals surface area contributed by atoms with Crippen molar-refractivity contribution in [1.82, 2.24) is 4.98 Å². The van der Waals surface area contributed by atoms with Crippen LogP contribution in [0, 0.1) is 0 Å². The molecule has 112 valence electrons. The highest BCUT2D eigenvalue weighted by Crippen LogP contribution is 2.31. The Bertz CT molecular complexity index is 759. The highest BCUT2D eigenvalue weighted by molar-refractivity contribution is 8.15. The van der Waals surface area contributed by atoms with Gasteiger partial charge in [0.25, 0.3) is 0 Å². The lowest BCUT2D eigenvalue weighted by molar-refractivity contribution is 0.108. The Kier molecular flexibility index (Phi) is 4.60.